The molecule has 8 aromatic rings. The van der Waals surface area contributed by atoms with E-state index in [1.54, 1.807) is 0 Å². The summed E-state index contributed by atoms with van der Waals surface area (Å²) in [5.74, 6) is 1.35. The van der Waals surface area contributed by atoms with Gasteiger partial charge in [0.15, 0.2) is 15.7 Å². The van der Waals surface area contributed by atoms with Gasteiger partial charge in [0.2, 0.25) is 0 Å². The molecule has 11 rings (SSSR count). The molecule has 3 aliphatic rings. The van der Waals surface area contributed by atoms with Gasteiger partial charge in [-0.05, 0) is 97.6 Å². The number of halogens is 2. The number of ether oxygens (including phenoxy) is 1. The van der Waals surface area contributed by atoms with Crippen LogP contribution in [0.2, 0.25) is 0 Å². The number of hydrogen-bond acceptors (Lipinski definition) is 7. The molecule has 2 saturated carbocycles. The average Bonchev–Trinajstić information content (AvgIpc) is 4.18. The van der Waals surface area contributed by atoms with Crippen LogP contribution < -0.4 is 42.5 Å². The molecule has 0 bridgehead atoms. The van der Waals surface area contributed by atoms with Crippen molar-refractivity contribution in [1.82, 2.24) is 9.97 Å². The number of aromatic nitrogens is 2. The molecule has 2 heterocycles. The first-order valence-corrected chi connectivity index (χ1v) is 32.1. The monoisotopic (exact) mass is 1130 g/mol. The summed E-state index contributed by atoms with van der Waals surface area (Å²) in [6.45, 7) is 2.75. The van der Waals surface area contributed by atoms with E-state index in [0.717, 1.165) is 50.2 Å². The van der Waals surface area contributed by atoms with Crippen LogP contribution in [0.4, 0.5) is 11.5 Å². The maximum atomic E-state index is 13.6. The van der Waals surface area contributed by atoms with E-state index in [-0.39, 0.29) is 21.2 Å². The molecule has 13 heteroatoms. The van der Waals surface area contributed by atoms with Crippen LogP contribution in [0.3, 0.4) is 0 Å². The Bertz CT molecular complexity index is 2640. The molecule has 0 spiro atoms. The van der Waals surface area contributed by atoms with Crippen LogP contribution >= 0.6 is 34.9 Å². The Balaban J connectivity index is 0.000000144. The summed E-state index contributed by atoms with van der Waals surface area (Å²) >= 11 is -0.106. The first-order chi connectivity index (χ1) is 34.8. The molecule has 7 nitrogen and oxygen atoms in total. The number of nitrogens with two attached hydrogens (primary N) is 1. The van der Waals surface area contributed by atoms with Crippen LogP contribution in [0.15, 0.2) is 212 Å². The van der Waals surface area contributed by atoms with E-state index in [4.69, 9.17) is 39.5 Å². The number of hydrogen-bond donors (Lipinski definition) is 1. The van der Waals surface area contributed by atoms with Gasteiger partial charge in [-0.3, -0.25) is 0 Å². The first-order valence-electron chi connectivity index (χ1n) is 23.9. The van der Waals surface area contributed by atoms with Gasteiger partial charge in [0.05, 0.1) is 24.2 Å². The number of rotatable bonds is 11. The van der Waals surface area contributed by atoms with Crippen molar-refractivity contribution < 1.29 is 29.1 Å². The largest absolute Gasteiger partial charge is 0.0622 e. The van der Waals surface area contributed by atoms with Crippen molar-refractivity contribution in [2.24, 2.45) is 0 Å². The normalized spacial score (nSPS) is 15.1. The van der Waals surface area contributed by atoms with Gasteiger partial charge in [0.25, 0.3) is 0 Å². The smallest absolute Gasteiger partial charge is 0.0134 e. The van der Waals surface area contributed by atoms with E-state index in [1.165, 1.54) is 31.8 Å². The molecular formula is C58H58Cl2N4O3P2PdS. The van der Waals surface area contributed by atoms with Gasteiger partial charge in [-0.2, -0.15) is 0 Å². The quantitative estimate of drug-likeness (QED) is 0.0783. The predicted octanol–water partition coefficient (Wildman–Crippen LogP) is 11.2. The van der Waals surface area contributed by atoms with Crippen LogP contribution in [-0.2, 0) is 35.3 Å². The summed E-state index contributed by atoms with van der Waals surface area (Å²) in [6, 6.07) is 74.0. The third kappa shape index (κ3) is 13.6. The summed E-state index contributed by atoms with van der Waals surface area (Å²) in [5, 5.41) is 8.18. The van der Waals surface area contributed by atoms with E-state index < -0.39 is 30.4 Å². The summed E-state index contributed by atoms with van der Waals surface area (Å²) in [6.07, 6.45) is 4.67. The number of sulfone groups is 1. The summed E-state index contributed by atoms with van der Waals surface area (Å²) in [4.78, 5) is 11.9. The molecule has 0 unspecified atom stereocenters. The fourth-order valence-corrected chi connectivity index (χ4v) is 16.3. The van der Waals surface area contributed by atoms with Crippen molar-refractivity contribution in [2.45, 2.75) is 48.5 Å². The molecule has 2 N–H and O–H groups in total. The molecule has 1 saturated heterocycles. The zero-order valence-electron chi connectivity index (χ0n) is 39.4. The summed E-state index contributed by atoms with van der Waals surface area (Å²) in [7, 11) is 5.45. The molecule has 0 radical (unpaired) electrons. The van der Waals surface area contributed by atoms with Crippen molar-refractivity contribution in [1.29, 1.82) is 0 Å². The third-order valence-electron chi connectivity index (χ3n) is 12.7. The number of nitrogens with zero attached hydrogens (tertiary/aromatic N) is 3. The second-order valence-corrected chi connectivity index (χ2v) is 26.7. The van der Waals surface area contributed by atoms with E-state index in [0.29, 0.717) is 43.3 Å². The van der Waals surface area contributed by atoms with Gasteiger partial charge in [0.1, 0.15) is 10.6 Å². The topological polar surface area (TPSA) is 98.4 Å². The van der Waals surface area contributed by atoms with Crippen LogP contribution in [0.5, 0.6) is 0 Å². The van der Waals surface area contributed by atoms with Gasteiger partial charge in [-0.1, -0.05) is 195 Å². The molecule has 71 heavy (non-hydrogen) atoms. The molecule has 368 valence electrons. The Morgan fingerprint density at radius 1 is 0.549 bits per heavy atom. The standard InChI is InChI=1S/C22H28N4O3S.2C18H15P.2ClH.Pd/c23-17-5-3-16(4-6-17)21-24-19(15-20(25-21)26-11-13-29-14-12-26)22(9-1-2-10-22)30(27,28)18-7-8-18;2*1-4-10-16(11-5-1)19(17-12-6-2-7-13-17)18-14-8-3-9-15-18;;;/h3-6,15,18H,1-2,7-14,23H2;2*1-15H;2*1H;/q;;;;;+2/p-2. The maximum Gasteiger partial charge on any atom is -0.0134 e. The molecule has 7 aromatic carbocycles. The Labute approximate surface area is 438 Å². The zero-order valence-corrected chi connectivity index (χ0v) is 45.0. The first kappa shape index (κ1) is 52.6. The van der Waals surface area contributed by atoms with Crippen LogP contribution in [0.25, 0.3) is 11.4 Å². The van der Waals surface area contributed by atoms with Crippen molar-refractivity contribution in [3.05, 3.63) is 218 Å². The SMILES string of the molecule is Nc1ccc(-c2nc(N3CCOCC3)cc(C3(S(=O)(=O)C4CC4)CCCC3)n2)cc1.[Cl][Pd][Cl].c1ccc(P(c2ccccc2)c2ccccc2)cc1.c1ccc(P(c2ccccc2)c2ccccc2)cc1. The van der Waals surface area contributed by atoms with Crippen molar-refractivity contribution in [2.75, 3.05) is 36.9 Å². The molecular weight excluding hydrogens is 1070 g/mol. The van der Waals surface area contributed by atoms with E-state index in [9.17, 15) is 8.42 Å². The molecule has 3 fully saturated rings. The van der Waals surface area contributed by atoms with Gasteiger partial charge >= 0.3 is 35.0 Å². The Hall–Kier alpha value is -4.77. The van der Waals surface area contributed by atoms with Crippen molar-refractivity contribution >= 4 is 88.1 Å². The number of anilines is 2. The van der Waals surface area contributed by atoms with E-state index >= 15 is 0 Å². The summed E-state index contributed by atoms with van der Waals surface area (Å²) in [5.41, 5.74) is 8.04. The Morgan fingerprint density at radius 2 is 0.901 bits per heavy atom. The van der Waals surface area contributed by atoms with Crippen LogP contribution in [-0.4, -0.2) is 49.9 Å². The third-order valence-corrected chi connectivity index (χ3v) is 20.6. The molecule has 2 aliphatic carbocycles. The second kappa shape index (κ2) is 26.3. The minimum Gasteiger partial charge on any atom is -0.0622 e. The molecule has 1 aliphatic heterocycles. The van der Waals surface area contributed by atoms with Gasteiger partial charge in [0, 0.05) is 30.4 Å². The second-order valence-electron chi connectivity index (χ2n) is 17.3. The fraction of sp³-hybridized carbons (Fsp3) is 0.207. The minimum atomic E-state index is -3.29. The minimum absolute atomic E-state index is 0.106. The van der Waals surface area contributed by atoms with E-state index in [2.05, 4.69) is 187 Å². The van der Waals surface area contributed by atoms with Gasteiger partial charge in [-0.15, -0.1) is 0 Å². The number of morpholine rings is 1. The van der Waals surface area contributed by atoms with E-state index in [1.807, 2.05) is 30.3 Å². The number of benzene rings is 7. The van der Waals surface area contributed by atoms with Crippen molar-refractivity contribution in [3.8, 4) is 11.4 Å². The molecule has 0 atom stereocenters. The molecule has 0 amide bonds. The summed E-state index contributed by atoms with van der Waals surface area (Å²) < 4.78 is 31.8. The Morgan fingerprint density at radius 3 is 1.24 bits per heavy atom. The number of nitrogen functional groups attached to an aromatic ring is 1. The Kier molecular flexibility index (Phi) is 19.4. The average molecular weight is 1130 g/mol. The fourth-order valence-electron chi connectivity index (χ4n) is 9.07. The predicted molar refractivity (Wildman–Crippen MR) is 299 cm³/mol. The van der Waals surface area contributed by atoms with Gasteiger partial charge in [-0.25, -0.2) is 18.4 Å². The van der Waals surface area contributed by atoms with Crippen molar-refractivity contribution in [3.63, 3.8) is 0 Å². The zero-order chi connectivity index (χ0) is 49.3. The molecule has 1 aromatic heterocycles. The maximum absolute atomic E-state index is 13.6. The van der Waals surface area contributed by atoms with Crippen LogP contribution in [0.1, 0.15) is 44.2 Å². The van der Waals surface area contributed by atoms with Gasteiger partial charge < -0.3 is 15.4 Å². The van der Waals surface area contributed by atoms with Crippen LogP contribution in [0, 0.1) is 0 Å².